The van der Waals surface area contributed by atoms with Crippen molar-refractivity contribution < 1.29 is 4.39 Å². The van der Waals surface area contributed by atoms with Crippen molar-refractivity contribution in [2.45, 2.75) is 31.6 Å². The van der Waals surface area contributed by atoms with Gasteiger partial charge < -0.3 is 4.90 Å². The second-order valence-corrected chi connectivity index (χ2v) is 4.61. The fourth-order valence-electron chi connectivity index (χ4n) is 1.98. The molecule has 0 aliphatic carbocycles. The summed E-state index contributed by atoms with van der Waals surface area (Å²) in [5, 5.41) is 0.0909. The van der Waals surface area contributed by atoms with Gasteiger partial charge in [0, 0.05) is 13.1 Å². The van der Waals surface area contributed by atoms with Crippen LogP contribution in [0.3, 0.4) is 0 Å². The quantitative estimate of drug-likeness (QED) is 0.747. The van der Waals surface area contributed by atoms with Crippen LogP contribution in [0.5, 0.6) is 0 Å². The zero-order valence-corrected chi connectivity index (χ0v) is 10.0. The van der Waals surface area contributed by atoms with Crippen molar-refractivity contribution in [1.82, 2.24) is 9.97 Å². The number of aryl methyl sites for hydroxylation is 1. The van der Waals surface area contributed by atoms with Crippen LogP contribution in [-0.4, -0.2) is 28.4 Å². The molecule has 1 unspecified atom stereocenters. The van der Waals surface area contributed by atoms with Crippen LogP contribution in [0.2, 0.25) is 0 Å². The Morgan fingerprint density at radius 3 is 3.06 bits per heavy atom. The Kier molecular flexibility index (Phi) is 3.59. The maximum absolute atomic E-state index is 14.0. The number of anilines is 1. The standard InChI is InChI=1S/C11H15ClFN3/c1-2-9-10(13)11(15-7-14-9)16-5-3-4-8(12)6-16/h7-8H,2-6H2,1H3. The number of nitrogens with zero attached hydrogens (tertiary/aromatic N) is 3. The van der Waals surface area contributed by atoms with Crippen molar-refractivity contribution in [2.24, 2.45) is 0 Å². The average molecular weight is 244 g/mol. The van der Waals surface area contributed by atoms with Gasteiger partial charge in [-0.2, -0.15) is 0 Å². The predicted molar refractivity (Wildman–Crippen MR) is 62.5 cm³/mol. The van der Waals surface area contributed by atoms with Gasteiger partial charge in [-0.15, -0.1) is 11.6 Å². The topological polar surface area (TPSA) is 29.0 Å². The molecule has 16 heavy (non-hydrogen) atoms. The van der Waals surface area contributed by atoms with Gasteiger partial charge in [0.15, 0.2) is 11.6 Å². The van der Waals surface area contributed by atoms with Crippen LogP contribution in [0.1, 0.15) is 25.5 Å². The molecule has 0 radical (unpaired) electrons. The van der Waals surface area contributed by atoms with Gasteiger partial charge in [-0.3, -0.25) is 0 Å². The van der Waals surface area contributed by atoms with Crippen molar-refractivity contribution in [3.8, 4) is 0 Å². The minimum absolute atomic E-state index is 0.0909. The molecule has 0 amide bonds. The van der Waals surface area contributed by atoms with E-state index in [1.165, 1.54) is 6.33 Å². The van der Waals surface area contributed by atoms with Crippen LogP contribution in [0, 0.1) is 5.82 Å². The number of hydrogen-bond acceptors (Lipinski definition) is 3. The van der Waals surface area contributed by atoms with Crippen LogP contribution >= 0.6 is 11.6 Å². The van der Waals surface area contributed by atoms with Gasteiger partial charge in [0.25, 0.3) is 0 Å². The zero-order valence-electron chi connectivity index (χ0n) is 9.29. The minimum atomic E-state index is -0.296. The van der Waals surface area contributed by atoms with E-state index in [0.29, 0.717) is 24.5 Å². The number of aromatic nitrogens is 2. The largest absolute Gasteiger partial charge is 0.353 e. The third-order valence-corrected chi connectivity index (χ3v) is 3.20. The molecule has 0 saturated carbocycles. The van der Waals surface area contributed by atoms with Gasteiger partial charge in [-0.05, 0) is 19.3 Å². The lowest BCUT2D eigenvalue weighted by Gasteiger charge is -2.30. The van der Waals surface area contributed by atoms with E-state index < -0.39 is 0 Å². The first kappa shape index (κ1) is 11.6. The smallest absolute Gasteiger partial charge is 0.187 e. The van der Waals surface area contributed by atoms with Crippen molar-refractivity contribution >= 4 is 17.4 Å². The molecule has 1 fully saturated rings. The van der Waals surface area contributed by atoms with Crippen molar-refractivity contribution in [3.63, 3.8) is 0 Å². The lowest BCUT2D eigenvalue weighted by molar-refractivity contribution is 0.543. The van der Waals surface area contributed by atoms with E-state index in [4.69, 9.17) is 11.6 Å². The fraction of sp³-hybridized carbons (Fsp3) is 0.636. The Morgan fingerprint density at radius 2 is 2.38 bits per heavy atom. The molecular weight excluding hydrogens is 229 g/mol. The molecule has 0 aromatic carbocycles. The number of halogens is 2. The van der Waals surface area contributed by atoms with Gasteiger partial charge in [-0.1, -0.05) is 6.92 Å². The van der Waals surface area contributed by atoms with Crippen molar-refractivity contribution in [3.05, 3.63) is 17.8 Å². The number of piperidine rings is 1. The lowest BCUT2D eigenvalue weighted by Crippen LogP contribution is -2.37. The van der Waals surface area contributed by atoms with Crippen molar-refractivity contribution in [1.29, 1.82) is 0 Å². The molecule has 1 aromatic heterocycles. The van der Waals surface area contributed by atoms with E-state index in [-0.39, 0.29) is 11.2 Å². The Hall–Kier alpha value is -0.900. The van der Waals surface area contributed by atoms with Crippen LogP contribution in [-0.2, 0) is 6.42 Å². The van der Waals surface area contributed by atoms with Gasteiger partial charge >= 0.3 is 0 Å². The van der Waals surface area contributed by atoms with E-state index >= 15 is 0 Å². The average Bonchev–Trinajstić information content (AvgIpc) is 2.29. The van der Waals surface area contributed by atoms with E-state index in [9.17, 15) is 4.39 Å². The molecule has 0 spiro atoms. The summed E-state index contributed by atoms with van der Waals surface area (Å²) >= 11 is 6.08. The summed E-state index contributed by atoms with van der Waals surface area (Å²) in [6, 6.07) is 0. The van der Waals surface area contributed by atoms with E-state index in [2.05, 4.69) is 9.97 Å². The SMILES string of the molecule is CCc1ncnc(N2CCCC(Cl)C2)c1F. The Labute approximate surface area is 99.6 Å². The molecule has 1 saturated heterocycles. The molecule has 1 aromatic rings. The Morgan fingerprint density at radius 1 is 1.56 bits per heavy atom. The molecule has 1 aliphatic rings. The van der Waals surface area contributed by atoms with Crippen LogP contribution < -0.4 is 4.90 Å². The zero-order chi connectivity index (χ0) is 11.5. The second-order valence-electron chi connectivity index (χ2n) is 4.00. The maximum atomic E-state index is 14.0. The molecular formula is C11H15ClFN3. The highest BCUT2D eigenvalue weighted by molar-refractivity contribution is 6.21. The summed E-state index contributed by atoms with van der Waals surface area (Å²) in [7, 11) is 0. The Bertz CT molecular complexity index is 372. The monoisotopic (exact) mass is 243 g/mol. The summed E-state index contributed by atoms with van der Waals surface area (Å²) in [4.78, 5) is 9.87. The van der Waals surface area contributed by atoms with Crippen LogP contribution in [0.25, 0.3) is 0 Å². The molecule has 0 bridgehead atoms. The second kappa shape index (κ2) is 4.95. The predicted octanol–water partition coefficient (Wildman–Crippen LogP) is 2.39. The van der Waals surface area contributed by atoms with Crippen LogP contribution in [0.4, 0.5) is 10.2 Å². The third-order valence-electron chi connectivity index (χ3n) is 2.84. The minimum Gasteiger partial charge on any atom is -0.353 e. The molecule has 1 aliphatic heterocycles. The highest BCUT2D eigenvalue weighted by Crippen LogP contribution is 2.23. The number of hydrogen-bond donors (Lipinski definition) is 0. The highest BCUT2D eigenvalue weighted by atomic mass is 35.5. The van der Waals surface area contributed by atoms with Gasteiger partial charge in [0.1, 0.15) is 6.33 Å². The molecule has 0 N–H and O–H groups in total. The van der Waals surface area contributed by atoms with Gasteiger partial charge in [-0.25, -0.2) is 14.4 Å². The summed E-state index contributed by atoms with van der Waals surface area (Å²) in [6.45, 7) is 3.37. The van der Waals surface area contributed by atoms with Gasteiger partial charge in [0.2, 0.25) is 0 Å². The van der Waals surface area contributed by atoms with Gasteiger partial charge in [0.05, 0.1) is 11.1 Å². The maximum Gasteiger partial charge on any atom is 0.187 e. The number of alkyl halides is 1. The summed E-state index contributed by atoms with van der Waals surface area (Å²) in [5.74, 6) is 0.105. The molecule has 2 heterocycles. The first-order chi connectivity index (χ1) is 7.72. The van der Waals surface area contributed by atoms with E-state index in [1.54, 1.807) is 0 Å². The molecule has 1 atom stereocenters. The van der Waals surface area contributed by atoms with Crippen molar-refractivity contribution in [2.75, 3.05) is 18.0 Å². The first-order valence-electron chi connectivity index (χ1n) is 5.60. The lowest BCUT2D eigenvalue weighted by atomic mass is 10.1. The highest BCUT2D eigenvalue weighted by Gasteiger charge is 2.22. The number of rotatable bonds is 2. The fourth-order valence-corrected chi connectivity index (χ4v) is 2.30. The molecule has 88 valence electrons. The normalized spacial score (nSPS) is 21.2. The third kappa shape index (κ3) is 2.26. The summed E-state index contributed by atoms with van der Waals surface area (Å²) in [5.41, 5.74) is 0.474. The summed E-state index contributed by atoms with van der Waals surface area (Å²) < 4.78 is 14.0. The van der Waals surface area contributed by atoms with E-state index in [0.717, 1.165) is 19.4 Å². The first-order valence-corrected chi connectivity index (χ1v) is 6.04. The molecule has 5 heteroatoms. The Balaban J connectivity index is 2.25. The molecule has 3 nitrogen and oxygen atoms in total. The summed E-state index contributed by atoms with van der Waals surface area (Å²) in [6.07, 6.45) is 3.99. The molecule has 2 rings (SSSR count). The van der Waals surface area contributed by atoms with Crippen LogP contribution in [0.15, 0.2) is 6.33 Å². The van der Waals surface area contributed by atoms with E-state index in [1.807, 2.05) is 11.8 Å².